The normalized spacial score (nSPS) is 30.4. The van der Waals surface area contributed by atoms with Crippen molar-refractivity contribution < 1.29 is 19.6 Å². The van der Waals surface area contributed by atoms with Crippen LogP contribution in [0.1, 0.15) is 46.5 Å². The zero-order chi connectivity index (χ0) is 14.2. The monoisotopic (exact) mass is 269 g/mol. The Labute approximate surface area is 115 Å². The van der Waals surface area contributed by atoms with E-state index in [1.807, 2.05) is 25.7 Å². The summed E-state index contributed by atoms with van der Waals surface area (Å²) in [6.45, 7) is 5.63. The van der Waals surface area contributed by atoms with Crippen LogP contribution in [0.3, 0.4) is 0 Å². The third kappa shape index (κ3) is 3.63. The van der Waals surface area contributed by atoms with E-state index in [9.17, 15) is 4.79 Å². The Morgan fingerprint density at radius 1 is 1.26 bits per heavy atom. The quantitative estimate of drug-likeness (QED) is 0.747. The molecule has 108 valence electrons. The van der Waals surface area contributed by atoms with Gasteiger partial charge < -0.3 is 19.7 Å². The van der Waals surface area contributed by atoms with Gasteiger partial charge in [-0.25, -0.2) is 4.79 Å². The molecule has 5 nitrogen and oxygen atoms in total. The molecule has 0 aromatic heterocycles. The van der Waals surface area contributed by atoms with Gasteiger partial charge in [0.1, 0.15) is 5.60 Å². The Morgan fingerprint density at radius 2 is 1.79 bits per heavy atom. The van der Waals surface area contributed by atoms with E-state index < -0.39 is 12.7 Å². The summed E-state index contributed by atoms with van der Waals surface area (Å²) in [5.74, 6) is 0.302. The van der Waals surface area contributed by atoms with Crippen LogP contribution in [-0.4, -0.2) is 45.8 Å². The molecule has 0 saturated carbocycles. The zero-order valence-electron chi connectivity index (χ0n) is 12.0. The van der Waals surface area contributed by atoms with E-state index in [0.717, 1.165) is 25.7 Å². The number of rotatable bonds is 2. The second-order valence-corrected chi connectivity index (χ2v) is 6.83. The van der Waals surface area contributed by atoms with Gasteiger partial charge in [-0.1, -0.05) is 0 Å². The van der Waals surface area contributed by atoms with Crippen LogP contribution in [0.25, 0.3) is 0 Å². The average Bonchev–Trinajstić information content (AvgIpc) is 2.47. The van der Waals surface area contributed by atoms with Gasteiger partial charge in [0.05, 0.1) is 0 Å². The van der Waals surface area contributed by atoms with Crippen LogP contribution < -0.4 is 0 Å². The maximum atomic E-state index is 12.2. The second kappa shape index (κ2) is 5.33. The summed E-state index contributed by atoms with van der Waals surface area (Å²) in [4.78, 5) is 14.1. The lowest BCUT2D eigenvalue weighted by Crippen LogP contribution is -2.48. The van der Waals surface area contributed by atoms with Gasteiger partial charge >= 0.3 is 13.2 Å². The highest BCUT2D eigenvalue weighted by Gasteiger charge is 2.45. The fraction of sp³-hybridized carbons (Fsp3) is 0.923. The van der Waals surface area contributed by atoms with E-state index in [-0.39, 0.29) is 18.2 Å². The second-order valence-electron chi connectivity index (χ2n) is 6.83. The molecule has 2 rings (SSSR count). The lowest BCUT2D eigenvalue weighted by atomic mass is 9.73. The minimum Gasteiger partial charge on any atom is -0.444 e. The minimum atomic E-state index is -1.24. The number of ether oxygens (including phenoxy) is 1. The predicted octanol–water partition coefficient (Wildman–Crippen LogP) is 1.64. The van der Waals surface area contributed by atoms with Crippen LogP contribution in [0.4, 0.5) is 4.79 Å². The lowest BCUT2D eigenvalue weighted by molar-refractivity contribution is 0.00294. The van der Waals surface area contributed by atoms with Crippen molar-refractivity contribution >= 4 is 13.2 Å². The molecule has 2 fully saturated rings. The number of piperidine rings is 1. The van der Waals surface area contributed by atoms with Gasteiger partial charge in [0.15, 0.2) is 0 Å². The SMILES string of the molecule is CC(C)(C)OC(=O)N1C2CCC1CC(CB(O)O)C2. The average molecular weight is 269 g/mol. The van der Waals surface area contributed by atoms with Crippen molar-refractivity contribution in [1.82, 2.24) is 4.90 Å². The zero-order valence-corrected chi connectivity index (χ0v) is 12.0. The summed E-state index contributed by atoms with van der Waals surface area (Å²) in [7, 11) is -1.24. The smallest absolute Gasteiger partial charge is 0.444 e. The van der Waals surface area contributed by atoms with Gasteiger partial charge in [-0.3, -0.25) is 0 Å². The van der Waals surface area contributed by atoms with Gasteiger partial charge in [-0.15, -0.1) is 0 Å². The fourth-order valence-electron chi connectivity index (χ4n) is 3.39. The van der Waals surface area contributed by atoms with Crippen LogP contribution in [-0.2, 0) is 4.74 Å². The molecule has 2 bridgehead atoms. The standard InChI is InChI=1S/C13H24BNO4/c1-13(2,3)19-12(16)15-10-4-5-11(15)7-9(6-10)8-14(17)18/h9-11,17-18H,4-8H2,1-3H3. The number of amides is 1. The number of hydrogen-bond acceptors (Lipinski definition) is 4. The lowest BCUT2D eigenvalue weighted by Gasteiger charge is -2.39. The molecule has 2 saturated heterocycles. The largest absolute Gasteiger partial charge is 0.451 e. The summed E-state index contributed by atoms with van der Waals surface area (Å²) >= 11 is 0. The van der Waals surface area contributed by atoms with Crippen molar-refractivity contribution in [3.05, 3.63) is 0 Å². The van der Waals surface area contributed by atoms with Gasteiger partial charge in [-0.05, 0) is 58.7 Å². The summed E-state index contributed by atoms with van der Waals surface area (Å²) < 4.78 is 5.46. The molecule has 19 heavy (non-hydrogen) atoms. The number of fused-ring (bicyclic) bond motifs is 2. The Bertz CT molecular complexity index is 328. The first kappa shape index (κ1) is 14.7. The van der Waals surface area contributed by atoms with Crippen molar-refractivity contribution in [1.29, 1.82) is 0 Å². The molecule has 0 aromatic carbocycles. The molecule has 2 unspecified atom stereocenters. The molecule has 2 aliphatic heterocycles. The highest BCUT2D eigenvalue weighted by Crippen LogP contribution is 2.40. The van der Waals surface area contributed by atoms with Crippen LogP contribution in [0.2, 0.25) is 6.32 Å². The molecule has 6 heteroatoms. The Hall–Kier alpha value is -0.745. The van der Waals surface area contributed by atoms with Crippen molar-refractivity contribution in [2.75, 3.05) is 0 Å². The van der Waals surface area contributed by atoms with Crippen LogP contribution >= 0.6 is 0 Å². The van der Waals surface area contributed by atoms with E-state index in [1.54, 1.807) is 0 Å². The van der Waals surface area contributed by atoms with Crippen molar-refractivity contribution in [3.63, 3.8) is 0 Å². The van der Waals surface area contributed by atoms with E-state index in [0.29, 0.717) is 12.2 Å². The first-order valence-electron chi connectivity index (χ1n) is 7.13. The van der Waals surface area contributed by atoms with Crippen LogP contribution in [0.5, 0.6) is 0 Å². The Balaban J connectivity index is 1.97. The van der Waals surface area contributed by atoms with Gasteiger partial charge in [-0.2, -0.15) is 0 Å². The molecule has 0 aliphatic carbocycles. The van der Waals surface area contributed by atoms with Crippen LogP contribution in [0.15, 0.2) is 0 Å². The molecule has 2 aliphatic rings. The third-order valence-corrected chi connectivity index (χ3v) is 3.98. The van der Waals surface area contributed by atoms with Crippen molar-refractivity contribution in [2.45, 2.75) is 70.5 Å². The van der Waals surface area contributed by atoms with Gasteiger partial charge in [0.25, 0.3) is 0 Å². The van der Waals surface area contributed by atoms with E-state index in [1.165, 1.54) is 0 Å². The molecule has 2 atom stereocenters. The molecule has 1 amide bonds. The summed E-state index contributed by atoms with van der Waals surface area (Å²) in [5, 5.41) is 18.2. The molecule has 0 aromatic rings. The highest BCUT2D eigenvalue weighted by atomic mass is 16.6. The van der Waals surface area contributed by atoms with Crippen molar-refractivity contribution in [2.24, 2.45) is 5.92 Å². The van der Waals surface area contributed by atoms with Gasteiger partial charge in [0, 0.05) is 12.1 Å². The summed E-state index contributed by atoms with van der Waals surface area (Å²) in [5.41, 5.74) is -0.464. The molecular formula is C13H24BNO4. The maximum Gasteiger partial charge on any atom is 0.451 e. The van der Waals surface area contributed by atoms with Gasteiger partial charge in [0.2, 0.25) is 0 Å². The van der Waals surface area contributed by atoms with E-state index in [4.69, 9.17) is 14.8 Å². The number of carbonyl (C=O) groups excluding carboxylic acids is 1. The molecule has 0 spiro atoms. The third-order valence-electron chi connectivity index (χ3n) is 3.98. The van der Waals surface area contributed by atoms with E-state index in [2.05, 4.69) is 0 Å². The molecular weight excluding hydrogens is 245 g/mol. The first-order valence-corrected chi connectivity index (χ1v) is 7.13. The fourth-order valence-corrected chi connectivity index (χ4v) is 3.39. The van der Waals surface area contributed by atoms with Crippen LogP contribution in [0, 0.1) is 5.92 Å². The molecule has 2 N–H and O–H groups in total. The Kier molecular flexibility index (Phi) is 4.11. The maximum absolute atomic E-state index is 12.2. The van der Waals surface area contributed by atoms with E-state index >= 15 is 0 Å². The predicted molar refractivity (Wildman–Crippen MR) is 72.6 cm³/mol. The van der Waals surface area contributed by atoms with Crippen molar-refractivity contribution in [3.8, 4) is 0 Å². The topological polar surface area (TPSA) is 70.0 Å². The minimum absolute atomic E-state index is 0.206. The highest BCUT2D eigenvalue weighted by molar-refractivity contribution is 6.41. The number of nitrogens with zero attached hydrogens (tertiary/aromatic N) is 1. The Morgan fingerprint density at radius 3 is 2.21 bits per heavy atom. The first-order chi connectivity index (χ1) is 8.76. The molecule has 0 radical (unpaired) electrons. The summed E-state index contributed by atoms with van der Waals surface area (Å²) in [6, 6.07) is 0.412. The molecule has 2 heterocycles. The number of hydrogen-bond donors (Lipinski definition) is 2. The summed E-state index contributed by atoms with van der Waals surface area (Å²) in [6.07, 6.45) is 3.91. The number of carbonyl (C=O) groups is 1.